The summed E-state index contributed by atoms with van der Waals surface area (Å²) >= 11 is 0. The maximum Gasteiger partial charge on any atom is 0.163 e. The molecule has 3 heterocycles. The minimum Gasteiger partial charge on any atom is -0.508 e. The first kappa shape index (κ1) is 17.6. The van der Waals surface area contributed by atoms with Crippen LogP contribution in [0.1, 0.15) is 24.3 Å². The smallest absolute Gasteiger partial charge is 0.163 e. The molecule has 2 aromatic carbocycles. The Morgan fingerprint density at radius 1 is 0.862 bits per heavy atom. The quantitative estimate of drug-likeness (QED) is 0.552. The van der Waals surface area contributed by atoms with Gasteiger partial charge in [-0.3, -0.25) is 4.98 Å². The number of para-hydroxylation sites is 1. The van der Waals surface area contributed by atoms with Gasteiger partial charge in [-0.15, -0.1) is 0 Å². The predicted octanol–water partition coefficient (Wildman–Crippen LogP) is 4.78. The van der Waals surface area contributed by atoms with Crippen molar-refractivity contribution in [3.05, 3.63) is 78.6 Å². The molecule has 1 saturated heterocycles. The highest BCUT2D eigenvalue weighted by Gasteiger charge is 2.23. The van der Waals surface area contributed by atoms with Crippen LogP contribution in [0.15, 0.2) is 73.1 Å². The van der Waals surface area contributed by atoms with Crippen molar-refractivity contribution in [3.8, 4) is 17.1 Å². The molecule has 0 saturated carbocycles. The Bertz CT molecular complexity index is 1120. The van der Waals surface area contributed by atoms with E-state index in [1.165, 1.54) is 5.56 Å². The number of aromatic nitrogens is 3. The summed E-state index contributed by atoms with van der Waals surface area (Å²) in [6.07, 6.45) is 5.70. The third-order valence-corrected chi connectivity index (χ3v) is 5.66. The fourth-order valence-corrected chi connectivity index (χ4v) is 4.10. The zero-order valence-electron chi connectivity index (χ0n) is 16.1. The van der Waals surface area contributed by atoms with Gasteiger partial charge in [-0.2, -0.15) is 0 Å². The standard InChI is InChI=1S/C24H22N4O/c29-20-9-7-17(8-10-20)18-11-14-28(15-12-18)24-21-5-1-2-6-22(21)26-23(27-24)19-4-3-13-25-16-19/h1-10,13,16,18,29H,11-12,14-15H2. The SMILES string of the molecule is Oc1ccc(C2CCN(c3nc(-c4cccnc4)nc4ccccc34)CC2)cc1. The molecule has 0 bridgehead atoms. The average Bonchev–Trinajstić information content (AvgIpc) is 2.80. The van der Waals surface area contributed by atoms with Gasteiger partial charge in [0.25, 0.3) is 0 Å². The summed E-state index contributed by atoms with van der Waals surface area (Å²) in [6.45, 7) is 1.89. The van der Waals surface area contributed by atoms with Gasteiger partial charge < -0.3 is 10.0 Å². The van der Waals surface area contributed by atoms with E-state index in [-0.39, 0.29) is 0 Å². The molecule has 29 heavy (non-hydrogen) atoms. The summed E-state index contributed by atoms with van der Waals surface area (Å²) in [5.41, 5.74) is 3.18. The van der Waals surface area contributed by atoms with Crippen LogP contribution in [0.4, 0.5) is 5.82 Å². The summed E-state index contributed by atoms with van der Waals surface area (Å²) in [5, 5.41) is 10.6. The number of hydrogen-bond acceptors (Lipinski definition) is 5. The van der Waals surface area contributed by atoms with Crippen LogP contribution in [-0.4, -0.2) is 33.1 Å². The maximum atomic E-state index is 9.54. The van der Waals surface area contributed by atoms with Crippen molar-refractivity contribution in [2.24, 2.45) is 0 Å². The van der Waals surface area contributed by atoms with Crippen LogP contribution in [0.2, 0.25) is 0 Å². The zero-order valence-corrected chi connectivity index (χ0v) is 16.1. The summed E-state index contributed by atoms with van der Waals surface area (Å²) in [7, 11) is 0. The van der Waals surface area contributed by atoms with E-state index in [0.29, 0.717) is 17.5 Å². The molecule has 0 aliphatic carbocycles. The number of fused-ring (bicyclic) bond motifs is 1. The Balaban J connectivity index is 1.46. The van der Waals surface area contributed by atoms with Crippen LogP contribution in [0.25, 0.3) is 22.3 Å². The Morgan fingerprint density at radius 2 is 1.66 bits per heavy atom. The van der Waals surface area contributed by atoms with Gasteiger partial charge in [-0.1, -0.05) is 24.3 Å². The molecule has 0 amide bonds. The van der Waals surface area contributed by atoms with E-state index in [0.717, 1.165) is 48.2 Å². The number of anilines is 1. The van der Waals surface area contributed by atoms with Gasteiger partial charge in [0.1, 0.15) is 11.6 Å². The van der Waals surface area contributed by atoms with Crippen LogP contribution < -0.4 is 4.90 Å². The van der Waals surface area contributed by atoms with Crippen molar-refractivity contribution in [1.29, 1.82) is 0 Å². The normalized spacial score (nSPS) is 15.0. The number of aromatic hydroxyl groups is 1. The average molecular weight is 382 g/mol. The molecular formula is C24H22N4O. The number of phenolic OH excluding ortho intramolecular Hbond substituents is 1. The van der Waals surface area contributed by atoms with Gasteiger partial charge in [-0.25, -0.2) is 9.97 Å². The summed E-state index contributed by atoms with van der Waals surface area (Å²) in [5.74, 6) is 2.55. The van der Waals surface area contributed by atoms with E-state index in [2.05, 4.69) is 16.0 Å². The molecule has 0 spiro atoms. The topological polar surface area (TPSA) is 62.1 Å². The number of piperidine rings is 1. The highest BCUT2D eigenvalue weighted by molar-refractivity contribution is 5.91. The molecule has 144 valence electrons. The van der Waals surface area contributed by atoms with E-state index >= 15 is 0 Å². The van der Waals surface area contributed by atoms with Crippen LogP contribution in [0.3, 0.4) is 0 Å². The molecule has 5 heteroatoms. The Morgan fingerprint density at radius 3 is 2.41 bits per heavy atom. The lowest BCUT2D eigenvalue weighted by atomic mass is 9.89. The fourth-order valence-electron chi connectivity index (χ4n) is 4.10. The summed E-state index contributed by atoms with van der Waals surface area (Å²) in [4.78, 5) is 16.3. The van der Waals surface area contributed by atoms with E-state index in [1.54, 1.807) is 18.3 Å². The van der Waals surface area contributed by atoms with Crippen molar-refractivity contribution in [2.45, 2.75) is 18.8 Å². The van der Waals surface area contributed by atoms with Crippen molar-refractivity contribution in [2.75, 3.05) is 18.0 Å². The molecule has 0 unspecified atom stereocenters. The van der Waals surface area contributed by atoms with Gasteiger partial charge >= 0.3 is 0 Å². The number of phenols is 1. The Kier molecular flexibility index (Phi) is 4.56. The first-order chi connectivity index (χ1) is 14.3. The molecule has 1 fully saturated rings. The fraction of sp³-hybridized carbons (Fsp3) is 0.208. The number of rotatable bonds is 3. The molecule has 0 radical (unpaired) electrons. The second-order valence-electron chi connectivity index (χ2n) is 7.48. The minimum atomic E-state index is 0.321. The lowest BCUT2D eigenvalue weighted by Crippen LogP contribution is -2.33. The minimum absolute atomic E-state index is 0.321. The maximum absolute atomic E-state index is 9.54. The Labute approximate surface area is 169 Å². The van der Waals surface area contributed by atoms with Gasteiger partial charge in [-0.05, 0) is 60.7 Å². The number of pyridine rings is 1. The van der Waals surface area contributed by atoms with E-state index < -0.39 is 0 Å². The first-order valence-electron chi connectivity index (χ1n) is 9.99. The molecular weight excluding hydrogens is 360 g/mol. The van der Waals surface area contributed by atoms with E-state index in [4.69, 9.17) is 9.97 Å². The number of hydrogen-bond donors (Lipinski definition) is 1. The summed E-state index contributed by atoms with van der Waals surface area (Å²) in [6, 6.07) is 19.7. The van der Waals surface area contributed by atoms with Crippen LogP contribution >= 0.6 is 0 Å². The van der Waals surface area contributed by atoms with Gasteiger partial charge in [0.2, 0.25) is 0 Å². The molecule has 2 aromatic heterocycles. The number of benzene rings is 2. The number of nitrogens with zero attached hydrogens (tertiary/aromatic N) is 4. The van der Waals surface area contributed by atoms with Crippen molar-refractivity contribution >= 4 is 16.7 Å². The summed E-state index contributed by atoms with van der Waals surface area (Å²) < 4.78 is 0. The third kappa shape index (κ3) is 3.51. The second kappa shape index (κ2) is 7.51. The molecule has 1 aliphatic rings. The van der Waals surface area contributed by atoms with Crippen molar-refractivity contribution in [3.63, 3.8) is 0 Å². The third-order valence-electron chi connectivity index (χ3n) is 5.66. The van der Waals surface area contributed by atoms with Crippen LogP contribution in [-0.2, 0) is 0 Å². The van der Waals surface area contributed by atoms with Gasteiger partial charge in [0.05, 0.1) is 5.52 Å². The molecule has 5 rings (SSSR count). The monoisotopic (exact) mass is 382 g/mol. The largest absolute Gasteiger partial charge is 0.508 e. The second-order valence-corrected chi connectivity index (χ2v) is 7.48. The highest BCUT2D eigenvalue weighted by Crippen LogP contribution is 2.34. The zero-order chi connectivity index (χ0) is 19.6. The molecule has 4 aromatic rings. The predicted molar refractivity (Wildman–Crippen MR) is 115 cm³/mol. The van der Waals surface area contributed by atoms with Gasteiger partial charge in [0, 0.05) is 36.4 Å². The first-order valence-corrected chi connectivity index (χ1v) is 9.99. The van der Waals surface area contributed by atoms with Crippen LogP contribution in [0, 0.1) is 0 Å². The molecule has 1 aliphatic heterocycles. The molecule has 0 atom stereocenters. The lowest BCUT2D eigenvalue weighted by Gasteiger charge is -2.33. The van der Waals surface area contributed by atoms with Crippen molar-refractivity contribution in [1.82, 2.24) is 15.0 Å². The molecule has 1 N–H and O–H groups in total. The van der Waals surface area contributed by atoms with Crippen LogP contribution in [0.5, 0.6) is 5.75 Å². The van der Waals surface area contributed by atoms with Gasteiger partial charge in [0.15, 0.2) is 5.82 Å². The molecule has 5 nitrogen and oxygen atoms in total. The van der Waals surface area contributed by atoms with E-state index in [9.17, 15) is 5.11 Å². The van der Waals surface area contributed by atoms with E-state index in [1.807, 2.05) is 48.7 Å². The Hall–Kier alpha value is -3.47. The highest BCUT2D eigenvalue weighted by atomic mass is 16.3. The lowest BCUT2D eigenvalue weighted by molar-refractivity contribution is 0.472. The van der Waals surface area contributed by atoms with Crippen molar-refractivity contribution < 1.29 is 5.11 Å².